The van der Waals surface area contributed by atoms with Crippen molar-refractivity contribution in [2.75, 3.05) is 10.6 Å². The lowest BCUT2D eigenvalue weighted by Crippen LogP contribution is -2.23. The van der Waals surface area contributed by atoms with Gasteiger partial charge in [0, 0.05) is 5.69 Å². The second-order valence-electron chi connectivity index (χ2n) is 6.30. The quantitative estimate of drug-likeness (QED) is 0.517. The molecule has 3 aromatic rings. The minimum atomic E-state index is -0.281. The molecule has 0 aliphatic heterocycles. The zero-order valence-corrected chi connectivity index (χ0v) is 17.1. The Morgan fingerprint density at radius 3 is 2.74 bits per heavy atom. The van der Waals surface area contributed by atoms with Crippen LogP contribution in [0.1, 0.15) is 38.0 Å². The SMILES string of the molecule is CC(Sc1nnc(NCc2ccco2)s1)C(=O)Nc1ccccc1C(C)C. The van der Waals surface area contributed by atoms with Crippen LogP contribution in [-0.4, -0.2) is 21.4 Å². The molecule has 6 nitrogen and oxygen atoms in total. The molecule has 1 amide bonds. The molecule has 1 atom stereocenters. The van der Waals surface area contributed by atoms with Crippen molar-refractivity contribution in [3.05, 3.63) is 54.0 Å². The van der Waals surface area contributed by atoms with Gasteiger partial charge in [-0.1, -0.05) is 55.1 Å². The van der Waals surface area contributed by atoms with Gasteiger partial charge in [-0.15, -0.1) is 10.2 Å². The summed E-state index contributed by atoms with van der Waals surface area (Å²) in [5, 5.41) is 14.9. The van der Waals surface area contributed by atoms with Crippen LogP contribution in [0.15, 0.2) is 51.4 Å². The maximum atomic E-state index is 12.6. The molecule has 0 aliphatic carbocycles. The van der Waals surface area contributed by atoms with Crippen LogP contribution in [0.25, 0.3) is 0 Å². The summed E-state index contributed by atoms with van der Waals surface area (Å²) in [6.45, 7) is 6.65. The summed E-state index contributed by atoms with van der Waals surface area (Å²) in [5.41, 5.74) is 1.99. The Hall–Kier alpha value is -2.32. The van der Waals surface area contributed by atoms with Gasteiger partial charge in [-0.2, -0.15) is 0 Å². The molecule has 0 saturated heterocycles. The molecular formula is C19H22N4O2S2. The smallest absolute Gasteiger partial charge is 0.237 e. The van der Waals surface area contributed by atoms with Crippen molar-refractivity contribution in [1.29, 1.82) is 0 Å². The Balaban J connectivity index is 1.55. The fourth-order valence-electron chi connectivity index (χ4n) is 2.46. The minimum absolute atomic E-state index is 0.0478. The summed E-state index contributed by atoms with van der Waals surface area (Å²) < 4.78 is 6.02. The molecule has 2 N–H and O–H groups in total. The largest absolute Gasteiger partial charge is 0.467 e. The number of carbonyl (C=O) groups excluding carboxylic acids is 1. The van der Waals surface area contributed by atoms with Crippen LogP contribution < -0.4 is 10.6 Å². The second kappa shape index (κ2) is 9.05. The molecule has 0 bridgehead atoms. The standard InChI is InChI=1S/C19H22N4O2S2/c1-12(2)15-8-4-5-9-16(15)21-17(24)13(3)26-19-23-22-18(27-19)20-11-14-7-6-10-25-14/h4-10,12-13H,11H2,1-3H3,(H,20,22)(H,21,24). The summed E-state index contributed by atoms with van der Waals surface area (Å²) in [5.74, 6) is 1.12. The number of hydrogen-bond acceptors (Lipinski definition) is 7. The topological polar surface area (TPSA) is 80.1 Å². The van der Waals surface area contributed by atoms with E-state index in [0.717, 1.165) is 21.4 Å². The van der Waals surface area contributed by atoms with Crippen molar-refractivity contribution < 1.29 is 9.21 Å². The number of carbonyl (C=O) groups is 1. The lowest BCUT2D eigenvalue weighted by atomic mass is 10.0. The third kappa shape index (κ3) is 5.33. The van der Waals surface area contributed by atoms with Crippen molar-refractivity contribution >= 4 is 39.8 Å². The van der Waals surface area contributed by atoms with Gasteiger partial charge in [0.25, 0.3) is 0 Å². The summed E-state index contributed by atoms with van der Waals surface area (Å²) in [6, 6.07) is 11.6. The number of hydrogen-bond donors (Lipinski definition) is 2. The first kappa shape index (κ1) is 19.4. The van der Waals surface area contributed by atoms with E-state index in [0.29, 0.717) is 17.6 Å². The van der Waals surface area contributed by atoms with Gasteiger partial charge in [-0.25, -0.2) is 0 Å². The molecule has 0 radical (unpaired) electrons. The average Bonchev–Trinajstić information content (AvgIpc) is 3.32. The van der Waals surface area contributed by atoms with Gasteiger partial charge in [-0.3, -0.25) is 4.79 Å². The highest BCUT2D eigenvalue weighted by atomic mass is 32.2. The van der Waals surface area contributed by atoms with Crippen molar-refractivity contribution in [2.45, 2.75) is 42.8 Å². The highest BCUT2D eigenvalue weighted by Crippen LogP contribution is 2.30. The van der Waals surface area contributed by atoms with E-state index in [2.05, 4.69) is 34.7 Å². The third-order valence-electron chi connectivity index (χ3n) is 3.89. The van der Waals surface area contributed by atoms with E-state index in [4.69, 9.17) is 4.42 Å². The number of benzene rings is 1. The number of nitrogens with one attached hydrogen (secondary N) is 2. The zero-order valence-electron chi connectivity index (χ0n) is 15.4. The van der Waals surface area contributed by atoms with E-state index in [-0.39, 0.29) is 11.2 Å². The molecule has 27 heavy (non-hydrogen) atoms. The molecule has 0 aliphatic rings. The summed E-state index contributed by atoms with van der Waals surface area (Å²) in [4.78, 5) is 12.6. The Kier molecular flexibility index (Phi) is 6.52. The number of thioether (sulfide) groups is 1. The fourth-order valence-corrected chi connectivity index (χ4v) is 4.35. The van der Waals surface area contributed by atoms with Crippen LogP contribution in [-0.2, 0) is 11.3 Å². The molecule has 3 rings (SSSR count). The summed E-state index contributed by atoms with van der Waals surface area (Å²) >= 11 is 2.82. The Labute approximate surface area is 166 Å². The summed E-state index contributed by atoms with van der Waals surface area (Å²) in [6.07, 6.45) is 1.64. The number of amides is 1. The van der Waals surface area contributed by atoms with Crippen LogP contribution in [0.2, 0.25) is 0 Å². The molecule has 2 aromatic heterocycles. The predicted molar refractivity (Wildman–Crippen MR) is 110 cm³/mol. The van der Waals surface area contributed by atoms with Crippen LogP contribution in [0, 0.1) is 0 Å². The lowest BCUT2D eigenvalue weighted by Gasteiger charge is -2.15. The first-order valence-corrected chi connectivity index (χ1v) is 10.4. The van der Waals surface area contributed by atoms with Crippen molar-refractivity contribution in [3.8, 4) is 0 Å². The minimum Gasteiger partial charge on any atom is -0.467 e. The van der Waals surface area contributed by atoms with Gasteiger partial charge >= 0.3 is 0 Å². The first-order valence-electron chi connectivity index (χ1n) is 8.69. The molecule has 142 valence electrons. The Morgan fingerprint density at radius 2 is 2.00 bits per heavy atom. The molecule has 8 heteroatoms. The van der Waals surface area contributed by atoms with Gasteiger partial charge in [0.2, 0.25) is 11.0 Å². The van der Waals surface area contributed by atoms with Gasteiger partial charge in [0.05, 0.1) is 18.1 Å². The van der Waals surface area contributed by atoms with Crippen LogP contribution in [0.3, 0.4) is 0 Å². The average molecular weight is 403 g/mol. The van der Waals surface area contributed by atoms with Gasteiger partial charge in [0.15, 0.2) is 4.34 Å². The predicted octanol–water partition coefficient (Wildman–Crippen LogP) is 4.99. The van der Waals surface area contributed by atoms with E-state index >= 15 is 0 Å². The molecule has 1 aromatic carbocycles. The first-order chi connectivity index (χ1) is 13.0. The van der Waals surface area contributed by atoms with E-state index in [1.807, 2.05) is 43.3 Å². The van der Waals surface area contributed by atoms with Crippen molar-refractivity contribution in [3.63, 3.8) is 0 Å². The fraction of sp³-hybridized carbons (Fsp3) is 0.316. The molecule has 2 heterocycles. The van der Waals surface area contributed by atoms with Gasteiger partial charge < -0.3 is 15.1 Å². The third-order valence-corrected chi connectivity index (χ3v) is 5.95. The van der Waals surface area contributed by atoms with Gasteiger partial charge in [0.1, 0.15) is 5.76 Å². The van der Waals surface area contributed by atoms with Crippen LogP contribution in [0.4, 0.5) is 10.8 Å². The molecular weight excluding hydrogens is 380 g/mol. The van der Waals surface area contributed by atoms with E-state index < -0.39 is 0 Å². The number of rotatable bonds is 8. The van der Waals surface area contributed by atoms with Crippen LogP contribution >= 0.6 is 23.1 Å². The highest BCUT2D eigenvalue weighted by Gasteiger charge is 2.19. The van der Waals surface area contributed by atoms with Crippen molar-refractivity contribution in [2.24, 2.45) is 0 Å². The highest BCUT2D eigenvalue weighted by molar-refractivity contribution is 8.02. The second-order valence-corrected chi connectivity index (χ2v) is 8.86. The maximum absolute atomic E-state index is 12.6. The van der Waals surface area contributed by atoms with Crippen molar-refractivity contribution in [1.82, 2.24) is 10.2 Å². The molecule has 0 fully saturated rings. The lowest BCUT2D eigenvalue weighted by molar-refractivity contribution is -0.115. The maximum Gasteiger partial charge on any atom is 0.237 e. The molecule has 0 saturated carbocycles. The number of anilines is 2. The Morgan fingerprint density at radius 1 is 1.19 bits per heavy atom. The normalized spacial score (nSPS) is 12.1. The van der Waals surface area contributed by atoms with E-state index in [9.17, 15) is 4.79 Å². The zero-order chi connectivity index (χ0) is 19.2. The summed E-state index contributed by atoms with van der Waals surface area (Å²) in [7, 11) is 0. The Bertz CT molecular complexity index is 877. The van der Waals surface area contributed by atoms with Gasteiger partial charge in [-0.05, 0) is 36.6 Å². The monoisotopic (exact) mass is 402 g/mol. The number of aromatic nitrogens is 2. The molecule has 0 spiro atoms. The molecule has 1 unspecified atom stereocenters. The number of para-hydroxylation sites is 1. The van der Waals surface area contributed by atoms with E-state index in [1.54, 1.807) is 6.26 Å². The van der Waals surface area contributed by atoms with Crippen LogP contribution in [0.5, 0.6) is 0 Å². The number of nitrogens with zero attached hydrogens (tertiary/aromatic N) is 2. The van der Waals surface area contributed by atoms with E-state index in [1.165, 1.54) is 23.1 Å². The number of furan rings is 1.